The summed E-state index contributed by atoms with van der Waals surface area (Å²) in [7, 11) is 0. The van der Waals surface area contributed by atoms with E-state index in [-0.39, 0.29) is 5.91 Å². The first kappa shape index (κ1) is 28.6. The molecule has 0 aromatic carbocycles. The third kappa shape index (κ3) is 9.81. The summed E-state index contributed by atoms with van der Waals surface area (Å²) in [6.07, 6.45) is 24.9. The Kier molecular flexibility index (Phi) is 13.3. The lowest BCUT2D eigenvalue weighted by molar-refractivity contribution is -0.139. The van der Waals surface area contributed by atoms with Crippen LogP contribution in [0, 0.1) is 0 Å². The molecule has 2 fully saturated rings. The Bertz CT molecular complexity index is 809. The fourth-order valence-corrected chi connectivity index (χ4v) is 5.49. The molecule has 0 N–H and O–H groups in total. The van der Waals surface area contributed by atoms with Crippen LogP contribution >= 0.6 is 11.3 Å². The van der Waals surface area contributed by atoms with E-state index in [2.05, 4.69) is 41.1 Å². The van der Waals surface area contributed by atoms with Crippen molar-refractivity contribution in [2.75, 3.05) is 39.3 Å². The van der Waals surface area contributed by atoms with E-state index in [1.54, 1.807) is 6.20 Å². The van der Waals surface area contributed by atoms with E-state index in [1.807, 2.05) is 15.2 Å². The van der Waals surface area contributed by atoms with E-state index in [0.717, 1.165) is 58.5 Å². The second kappa shape index (κ2) is 16.7. The Balaban J connectivity index is 1.13. The number of amides is 2. The molecular weight excluding hydrogens is 468 g/mol. The summed E-state index contributed by atoms with van der Waals surface area (Å²) in [5.41, 5.74) is 0. The fourth-order valence-electron chi connectivity index (χ4n) is 4.89. The van der Waals surface area contributed by atoms with Crippen LogP contribution < -0.4 is 0 Å². The van der Waals surface area contributed by atoms with E-state index in [9.17, 15) is 9.59 Å². The Labute approximate surface area is 222 Å². The molecule has 36 heavy (non-hydrogen) atoms. The molecule has 7 heteroatoms. The molecule has 200 valence electrons. The highest BCUT2D eigenvalue weighted by Crippen LogP contribution is 2.20. The van der Waals surface area contributed by atoms with Crippen LogP contribution in [0.1, 0.15) is 93.8 Å². The van der Waals surface area contributed by atoms with E-state index in [1.165, 1.54) is 62.7 Å². The predicted molar refractivity (Wildman–Crippen MR) is 149 cm³/mol. The molecule has 0 bridgehead atoms. The second-order valence-electron chi connectivity index (χ2n) is 10.1. The largest absolute Gasteiger partial charge is 0.339 e. The molecule has 0 atom stereocenters. The zero-order chi connectivity index (χ0) is 25.4. The third-order valence-electron chi connectivity index (χ3n) is 7.29. The number of unbranched alkanes of at least 4 members (excludes halogenated alkanes) is 8. The molecule has 2 aliphatic heterocycles. The fraction of sp³-hybridized carbons (Fsp3) is 0.690. The van der Waals surface area contributed by atoms with Crippen molar-refractivity contribution in [2.24, 2.45) is 0 Å². The molecule has 0 aliphatic carbocycles. The number of hydrogen-bond donors (Lipinski definition) is 0. The van der Waals surface area contributed by atoms with Crippen molar-refractivity contribution in [3.63, 3.8) is 0 Å². The van der Waals surface area contributed by atoms with E-state index in [4.69, 9.17) is 0 Å². The molecule has 1 aromatic rings. The van der Waals surface area contributed by atoms with Gasteiger partial charge in [-0.2, -0.15) is 0 Å². The van der Waals surface area contributed by atoms with Crippen molar-refractivity contribution in [1.82, 2.24) is 19.7 Å². The minimum Gasteiger partial charge on any atom is -0.339 e. The highest BCUT2D eigenvalue weighted by atomic mass is 32.1. The zero-order valence-corrected chi connectivity index (χ0v) is 23.1. The Morgan fingerprint density at radius 1 is 0.889 bits per heavy atom. The summed E-state index contributed by atoms with van der Waals surface area (Å²) in [6.45, 7) is 7.20. The summed E-state index contributed by atoms with van der Waals surface area (Å²) in [6, 6.07) is 0.454. The molecule has 1 aromatic heterocycles. The number of carbonyl (C=O) groups excluding carboxylic acids is 2. The molecule has 2 aliphatic rings. The quantitative estimate of drug-likeness (QED) is 0.203. The van der Waals surface area contributed by atoms with Gasteiger partial charge >= 0.3 is 0 Å². The third-order valence-corrected chi connectivity index (χ3v) is 8.05. The Morgan fingerprint density at radius 3 is 2.22 bits per heavy atom. The van der Waals surface area contributed by atoms with E-state index in [0.29, 0.717) is 23.4 Å². The Hall–Kier alpha value is -1.99. The number of hydrogen-bond acceptors (Lipinski definition) is 5. The summed E-state index contributed by atoms with van der Waals surface area (Å²) < 4.78 is 0. The van der Waals surface area contributed by atoms with Crippen molar-refractivity contribution in [3.05, 3.63) is 40.9 Å². The molecule has 3 heterocycles. The summed E-state index contributed by atoms with van der Waals surface area (Å²) >= 11 is 1.40. The van der Waals surface area contributed by atoms with Gasteiger partial charge in [0.05, 0.1) is 0 Å². The molecule has 0 spiro atoms. The molecule has 0 radical (unpaired) electrons. The average molecular weight is 515 g/mol. The number of piperazine rings is 1. The van der Waals surface area contributed by atoms with Crippen LogP contribution in [0.5, 0.6) is 0 Å². The van der Waals surface area contributed by atoms with E-state index < -0.39 is 0 Å². The van der Waals surface area contributed by atoms with Crippen molar-refractivity contribution in [2.45, 2.75) is 90.0 Å². The van der Waals surface area contributed by atoms with Crippen molar-refractivity contribution in [1.29, 1.82) is 0 Å². The predicted octanol–water partition coefficient (Wildman–Crippen LogP) is 5.93. The summed E-state index contributed by atoms with van der Waals surface area (Å²) in [5.74, 6) is 0.363. The van der Waals surface area contributed by atoms with Gasteiger partial charge in [0.25, 0.3) is 5.91 Å². The van der Waals surface area contributed by atoms with Crippen LogP contribution in [-0.4, -0.2) is 76.8 Å². The van der Waals surface area contributed by atoms with Crippen LogP contribution in [0.2, 0.25) is 0 Å². The monoisotopic (exact) mass is 514 g/mol. The van der Waals surface area contributed by atoms with Gasteiger partial charge in [-0.15, -0.1) is 11.3 Å². The van der Waals surface area contributed by atoms with Gasteiger partial charge in [0.1, 0.15) is 0 Å². The van der Waals surface area contributed by atoms with Crippen LogP contribution in [0.4, 0.5) is 0 Å². The number of allylic oxidation sites excluding steroid dienone is 4. The molecular formula is C29H46N4O2S. The maximum atomic E-state index is 12.5. The van der Waals surface area contributed by atoms with Crippen LogP contribution in [-0.2, 0) is 4.79 Å². The molecule has 0 unspecified atom stereocenters. The van der Waals surface area contributed by atoms with Crippen LogP contribution in [0.3, 0.4) is 0 Å². The minimum atomic E-state index is 0.0486. The summed E-state index contributed by atoms with van der Waals surface area (Å²) in [4.78, 5) is 35.4. The van der Waals surface area contributed by atoms with Crippen molar-refractivity contribution in [3.8, 4) is 0 Å². The lowest BCUT2D eigenvalue weighted by atomic mass is 10.0. The number of likely N-dealkylation sites (tertiary alicyclic amines) is 1. The van der Waals surface area contributed by atoms with Gasteiger partial charge in [0, 0.05) is 63.3 Å². The lowest BCUT2D eigenvalue weighted by Gasteiger charge is -2.48. The van der Waals surface area contributed by atoms with Crippen molar-refractivity contribution >= 4 is 23.2 Å². The normalized spacial score (nSPS) is 17.4. The van der Waals surface area contributed by atoms with Gasteiger partial charge in [-0.3, -0.25) is 14.5 Å². The molecule has 2 amide bonds. The first-order chi connectivity index (χ1) is 17.7. The SMILES string of the molecule is CCCCCC=CCC=CCCCCCCCC(=O)N1CC(N2CCN(C(=O)c3nccs3)CC2)C1. The van der Waals surface area contributed by atoms with Gasteiger partial charge in [0.15, 0.2) is 5.01 Å². The van der Waals surface area contributed by atoms with Gasteiger partial charge in [0.2, 0.25) is 5.91 Å². The zero-order valence-electron chi connectivity index (χ0n) is 22.3. The number of aromatic nitrogens is 1. The molecule has 6 nitrogen and oxygen atoms in total. The van der Waals surface area contributed by atoms with Gasteiger partial charge in [-0.25, -0.2) is 4.98 Å². The first-order valence-electron chi connectivity index (χ1n) is 14.2. The number of thiazole rings is 1. The van der Waals surface area contributed by atoms with Crippen molar-refractivity contribution < 1.29 is 9.59 Å². The van der Waals surface area contributed by atoms with Gasteiger partial charge < -0.3 is 9.80 Å². The molecule has 3 rings (SSSR count). The van der Waals surface area contributed by atoms with Crippen LogP contribution in [0.25, 0.3) is 0 Å². The maximum Gasteiger partial charge on any atom is 0.282 e. The van der Waals surface area contributed by atoms with Crippen LogP contribution in [0.15, 0.2) is 35.9 Å². The molecule has 0 saturated carbocycles. The highest BCUT2D eigenvalue weighted by Gasteiger charge is 2.36. The smallest absolute Gasteiger partial charge is 0.282 e. The number of nitrogens with zero attached hydrogens (tertiary/aromatic N) is 4. The van der Waals surface area contributed by atoms with Gasteiger partial charge in [-0.05, 0) is 38.5 Å². The minimum absolute atomic E-state index is 0.0486. The number of rotatable bonds is 16. The topological polar surface area (TPSA) is 56.8 Å². The summed E-state index contributed by atoms with van der Waals surface area (Å²) in [5, 5.41) is 2.43. The Morgan fingerprint density at radius 2 is 1.56 bits per heavy atom. The first-order valence-corrected chi connectivity index (χ1v) is 15.1. The second-order valence-corrected chi connectivity index (χ2v) is 11.0. The maximum absolute atomic E-state index is 12.5. The standard InChI is InChI=1S/C29H46N4O2S/c1-2-3-4-5-6-7-8-9-10-11-12-13-14-15-16-17-27(34)33-24-26(25-33)31-19-21-32(22-20-31)29(35)28-30-18-23-36-28/h6-7,9-10,18,23,26H,2-5,8,11-17,19-22,24-25H2,1H3. The lowest BCUT2D eigenvalue weighted by Crippen LogP contribution is -2.64. The average Bonchev–Trinajstić information content (AvgIpc) is 3.40. The molecule has 2 saturated heterocycles. The highest BCUT2D eigenvalue weighted by molar-refractivity contribution is 7.11. The van der Waals surface area contributed by atoms with E-state index >= 15 is 0 Å². The number of carbonyl (C=O) groups is 2. The van der Waals surface area contributed by atoms with Gasteiger partial charge in [-0.1, -0.05) is 63.3 Å².